The molecule has 0 radical (unpaired) electrons. The Morgan fingerprint density at radius 2 is 1.81 bits per heavy atom. The molecule has 2 amide bonds. The molecule has 0 atom stereocenters. The third kappa shape index (κ3) is 3.30. The predicted octanol–water partition coefficient (Wildman–Crippen LogP) is 4.48. The van der Waals surface area contributed by atoms with Gasteiger partial charge >= 0.3 is 12.2 Å². The maximum Gasteiger partial charge on any atom is 0.416 e. The van der Waals surface area contributed by atoms with Crippen molar-refractivity contribution < 1.29 is 18.0 Å². The summed E-state index contributed by atoms with van der Waals surface area (Å²) >= 11 is 0. The minimum atomic E-state index is -4.54. The Morgan fingerprint density at radius 1 is 1.08 bits per heavy atom. The first-order valence-electron chi connectivity index (χ1n) is 7.68. The van der Waals surface area contributed by atoms with E-state index in [1.54, 1.807) is 13.0 Å². The number of rotatable bonds is 2. The summed E-state index contributed by atoms with van der Waals surface area (Å²) in [6.07, 6.45) is -4.54. The molecule has 8 heteroatoms. The molecule has 134 valence electrons. The minimum absolute atomic E-state index is 0.0245. The van der Waals surface area contributed by atoms with E-state index in [-0.39, 0.29) is 11.5 Å². The number of hydrogen-bond donors (Lipinski definition) is 1. The standard InChI is InChI=1S/C18H15F3N4O/c1-10-8-11(2)23-16-14(10)6-7-15(24-16)25(17(22)26)13-5-3-4-12(9-13)18(19,20)21/h3-9H,1-2H3,(H2,22,26). The van der Waals surface area contributed by atoms with Gasteiger partial charge in [-0.3, -0.25) is 0 Å². The molecule has 2 aromatic heterocycles. The molecule has 2 N–H and O–H groups in total. The van der Waals surface area contributed by atoms with Crippen molar-refractivity contribution in [1.29, 1.82) is 0 Å². The highest BCUT2D eigenvalue weighted by Gasteiger charge is 2.31. The van der Waals surface area contributed by atoms with Crippen LogP contribution in [0.5, 0.6) is 0 Å². The van der Waals surface area contributed by atoms with Crippen LogP contribution in [0.25, 0.3) is 11.0 Å². The fraction of sp³-hybridized carbons (Fsp3) is 0.167. The number of nitrogens with zero attached hydrogens (tertiary/aromatic N) is 3. The van der Waals surface area contributed by atoms with Crippen molar-refractivity contribution in [2.24, 2.45) is 5.73 Å². The second-order valence-electron chi connectivity index (χ2n) is 5.84. The molecule has 3 aromatic rings. The Hall–Kier alpha value is -3.16. The maximum absolute atomic E-state index is 13.0. The fourth-order valence-corrected chi connectivity index (χ4v) is 2.74. The molecule has 0 aliphatic rings. The minimum Gasteiger partial charge on any atom is -0.351 e. The third-order valence-corrected chi connectivity index (χ3v) is 3.87. The quantitative estimate of drug-likeness (QED) is 0.732. The predicted molar refractivity (Wildman–Crippen MR) is 92.2 cm³/mol. The lowest BCUT2D eigenvalue weighted by molar-refractivity contribution is -0.137. The molecule has 0 spiro atoms. The van der Waals surface area contributed by atoms with Crippen molar-refractivity contribution in [1.82, 2.24) is 9.97 Å². The summed E-state index contributed by atoms with van der Waals surface area (Å²) in [5.41, 5.74) is 6.58. The first kappa shape index (κ1) is 17.7. The van der Waals surface area contributed by atoms with Crippen LogP contribution in [-0.4, -0.2) is 16.0 Å². The highest BCUT2D eigenvalue weighted by molar-refractivity contribution is 5.98. The molecule has 3 rings (SSSR count). The third-order valence-electron chi connectivity index (χ3n) is 3.87. The molecule has 0 bridgehead atoms. The number of hydrogen-bond acceptors (Lipinski definition) is 3. The molecular weight excluding hydrogens is 345 g/mol. The number of aryl methyl sites for hydroxylation is 2. The Morgan fingerprint density at radius 3 is 2.46 bits per heavy atom. The summed E-state index contributed by atoms with van der Waals surface area (Å²) in [5.74, 6) is 0.0989. The molecule has 26 heavy (non-hydrogen) atoms. The lowest BCUT2D eigenvalue weighted by atomic mass is 10.1. The number of carbonyl (C=O) groups excluding carboxylic acids is 1. The molecule has 0 aliphatic carbocycles. The molecule has 0 aliphatic heterocycles. The van der Waals surface area contributed by atoms with Crippen molar-refractivity contribution in [3.05, 3.63) is 59.3 Å². The lowest BCUT2D eigenvalue weighted by Crippen LogP contribution is -2.32. The second-order valence-corrected chi connectivity index (χ2v) is 5.84. The van der Waals surface area contributed by atoms with Crippen LogP contribution in [0, 0.1) is 13.8 Å². The molecule has 5 nitrogen and oxygen atoms in total. The first-order chi connectivity index (χ1) is 12.2. The SMILES string of the molecule is Cc1cc(C)c2ccc(N(C(N)=O)c3cccc(C(F)(F)F)c3)nc2n1. The van der Waals surface area contributed by atoms with Gasteiger partial charge < -0.3 is 5.73 Å². The van der Waals surface area contributed by atoms with Gasteiger partial charge in [0, 0.05) is 11.1 Å². The van der Waals surface area contributed by atoms with Gasteiger partial charge in [0.2, 0.25) is 0 Å². The summed E-state index contributed by atoms with van der Waals surface area (Å²) in [5, 5.41) is 0.785. The molecule has 0 saturated heterocycles. The van der Waals surface area contributed by atoms with Gasteiger partial charge in [-0.25, -0.2) is 19.7 Å². The van der Waals surface area contributed by atoms with E-state index < -0.39 is 17.8 Å². The van der Waals surface area contributed by atoms with E-state index >= 15 is 0 Å². The number of alkyl halides is 3. The highest BCUT2D eigenvalue weighted by atomic mass is 19.4. The molecule has 2 heterocycles. The normalized spacial score (nSPS) is 11.6. The van der Waals surface area contributed by atoms with Gasteiger partial charge in [0.1, 0.15) is 5.82 Å². The smallest absolute Gasteiger partial charge is 0.351 e. The second kappa shape index (κ2) is 6.29. The number of fused-ring (bicyclic) bond motifs is 1. The maximum atomic E-state index is 13.0. The number of aromatic nitrogens is 2. The van der Waals surface area contributed by atoms with E-state index in [1.807, 2.05) is 13.0 Å². The van der Waals surface area contributed by atoms with Gasteiger partial charge in [-0.15, -0.1) is 0 Å². The van der Waals surface area contributed by atoms with Gasteiger partial charge in [0.15, 0.2) is 5.65 Å². The molecule has 1 aromatic carbocycles. The van der Waals surface area contributed by atoms with Gasteiger partial charge in [-0.2, -0.15) is 13.2 Å². The van der Waals surface area contributed by atoms with Crippen LogP contribution in [-0.2, 0) is 6.18 Å². The molecule has 0 saturated carbocycles. The van der Waals surface area contributed by atoms with E-state index in [2.05, 4.69) is 9.97 Å². The topological polar surface area (TPSA) is 72.1 Å². The van der Waals surface area contributed by atoms with Crippen LogP contribution in [0.15, 0.2) is 42.5 Å². The summed E-state index contributed by atoms with van der Waals surface area (Å²) in [7, 11) is 0. The van der Waals surface area contributed by atoms with Crippen LogP contribution < -0.4 is 10.6 Å². The number of urea groups is 1. The van der Waals surface area contributed by atoms with Gasteiger partial charge in [-0.05, 0) is 55.8 Å². The first-order valence-corrected chi connectivity index (χ1v) is 7.68. The lowest BCUT2D eigenvalue weighted by Gasteiger charge is -2.21. The molecule has 0 unspecified atom stereocenters. The molecule has 0 fully saturated rings. The zero-order valence-corrected chi connectivity index (χ0v) is 14.0. The average molecular weight is 360 g/mol. The summed E-state index contributed by atoms with van der Waals surface area (Å²) in [6, 6.07) is 8.53. The average Bonchev–Trinajstić information content (AvgIpc) is 2.53. The monoisotopic (exact) mass is 360 g/mol. The van der Waals surface area contributed by atoms with E-state index in [4.69, 9.17) is 5.73 Å². The van der Waals surface area contributed by atoms with Crippen molar-refractivity contribution >= 4 is 28.6 Å². The highest BCUT2D eigenvalue weighted by Crippen LogP contribution is 2.33. The van der Waals surface area contributed by atoms with E-state index in [0.29, 0.717) is 5.65 Å². The van der Waals surface area contributed by atoms with Crippen molar-refractivity contribution in [2.75, 3.05) is 4.90 Å². The zero-order chi connectivity index (χ0) is 19.1. The van der Waals surface area contributed by atoms with Gasteiger partial charge in [0.25, 0.3) is 0 Å². The van der Waals surface area contributed by atoms with Gasteiger partial charge in [0.05, 0.1) is 11.3 Å². The van der Waals surface area contributed by atoms with Crippen LogP contribution in [0.1, 0.15) is 16.8 Å². The number of anilines is 2. The fourth-order valence-electron chi connectivity index (χ4n) is 2.74. The number of pyridine rings is 2. The number of amides is 2. The van der Waals surface area contributed by atoms with Crippen LogP contribution in [0.3, 0.4) is 0 Å². The molecular formula is C18H15F3N4O. The Bertz CT molecular complexity index is 1000. The van der Waals surface area contributed by atoms with E-state index in [0.717, 1.165) is 33.7 Å². The number of halogens is 3. The van der Waals surface area contributed by atoms with Crippen LogP contribution >= 0.6 is 0 Å². The van der Waals surface area contributed by atoms with Crippen molar-refractivity contribution in [2.45, 2.75) is 20.0 Å². The summed E-state index contributed by atoms with van der Waals surface area (Å²) in [6.45, 7) is 3.70. The van der Waals surface area contributed by atoms with E-state index in [9.17, 15) is 18.0 Å². The van der Waals surface area contributed by atoms with Crippen LogP contribution in [0.2, 0.25) is 0 Å². The number of nitrogens with two attached hydrogens (primary N) is 1. The number of benzene rings is 1. The Balaban J connectivity index is 2.15. The van der Waals surface area contributed by atoms with Crippen molar-refractivity contribution in [3.8, 4) is 0 Å². The van der Waals surface area contributed by atoms with Crippen molar-refractivity contribution in [3.63, 3.8) is 0 Å². The number of primary amides is 1. The number of carbonyl (C=O) groups is 1. The zero-order valence-electron chi connectivity index (χ0n) is 14.0. The largest absolute Gasteiger partial charge is 0.416 e. The Labute approximate surface area is 147 Å². The Kier molecular flexibility index (Phi) is 4.27. The van der Waals surface area contributed by atoms with E-state index in [1.165, 1.54) is 18.2 Å². The van der Waals surface area contributed by atoms with Crippen LogP contribution in [0.4, 0.5) is 29.5 Å². The summed E-state index contributed by atoms with van der Waals surface area (Å²) < 4.78 is 38.9. The van der Waals surface area contributed by atoms with Gasteiger partial charge in [-0.1, -0.05) is 6.07 Å². The summed E-state index contributed by atoms with van der Waals surface area (Å²) in [4.78, 5) is 21.5.